The summed E-state index contributed by atoms with van der Waals surface area (Å²) >= 11 is 0. The van der Waals surface area contributed by atoms with E-state index in [0.29, 0.717) is 25.1 Å². The summed E-state index contributed by atoms with van der Waals surface area (Å²) < 4.78 is 13.3. The third-order valence-corrected chi connectivity index (χ3v) is 2.79. The number of amides is 1. The third-order valence-electron chi connectivity index (χ3n) is 2.79. The van der Waals surface area contributed by atoms with Crippen LogP contribution in [0.1, 0.15) is 12.0 Å². The maximum absolute atomic E-state index is 13.3. The summed E-state index contributed by atoms with van der Waals surface area (Å²) in [5.74, 6) is -0.539. The molecule has 1 N–H and O–H groups in total. The predicted octanol–water partition coefficient (Wildman–Crippen LogP) is 1.43. The molecule has 1 aromatic rings. The molecule has 0 spiro atoms. The lowest BCUT2D eigenvalue weighted by Gasteiger charge is -2.12. The van der Waals surface area contributed by atoms with Crippen molar-refractivity contribution < 1.29 is 14.3 Å². The highest BCUT2D eigenvalue weighted by Gasteiger charge is 2.22. The molecule has 0 unspecified atom stereocenters. The lowest BCUT2D eigenvalue weighted by molar-refractivity contribution is -0.125. The zero-order chi connectivity index (χ0) is 12.3. The molecule has 1 heterocycles. The topological polar surface area (TPSA) is 40.5 Å². The van der Waals surface area contributed by atoms with Crippen LogP contribution in [0.4, 0.5) is 4.39 Å². The van der Waals surface area contributed by atoms with Crippen molar-refractivity contribution in [3.05, 3.63) is 41.7 Å². The quantitative estimate of drug-likeness (QED) is 0.788. The van der Waals surface area contributed by atoms with Gasteiger partial charge in [-0.3, -0.25) is 4.79 Å². The Morgan fingerprint density at radius 3 is 2.88 bits per heavy atom. The van der Waals surface area contributed by atoms with E-state index in [4.69, 9.17) is 0 Å². The van der Waals surface area contributed by atoms with E-state index in [1.54, 1.807) is 23.1 Å². The van der Waals surface area contributed by atoms with Crippen LogP contribution in [0.25, 0.3) is 6.08 Å². The Kier molecular flexibility index (Phi) is 3.54. The maximum Gasteiger partial charge on any atom is 0.246 e. The number of likely N-dealkylation sites (tertiary alicyclic amines) is 1. The molecule has 4 heteroatoms. The zero-order valence-electron chi connectivity index (χ0n) is 9.34. The number of hydrogen-bond donors (Lipinski definition) is 1. The summed E-state index contributed by atoms with van der Waals surface area (Å²) in [6, 6.07) is 6.28. The predicted molar refractivity (Wildman–Crippen MR) is 62.6 cm³/mol. The van der Waals surface area contributed by atoms with Crippen LogP contribution < -0.4 is 0 Å². The van der Waals surface area contributed by atoms with Crippen molar-refractivity contribution in [1.29, 1.82) is 0 Å². The Morgan fingerprint density at radius 1 is 1.47 bits per heavy atom. The van der Waals surface area contributed by atoms with E-state index in [1.807, 2.05) is 0 Å². The fraction of sp³-hybridized carbons (Fsp3) is 0.308. The van der Waals surface area contributed by atoms with Crippen LogP contribution in [0.5, 0.6) is 0 Å². The highest BCUT2D eigenvalue weighted by Crippen LogP contribution is 2.11. The van der Waals surface area contributed by atoms with E-state index in [2.05, 4.69) is 0 Å². The molecular formula is C13H14FNO2. The number of halogens is 1. The van der Waals surface area contributed by atoms with Crippen molar-refractivity contribution in [2.24, 2.45) is 0 Å². The third kappa shape index (κ3) is 2.91. The average Bonchev–Trinajstić information content (AvgIpc) is 2.74. The van der Waals surface area contributed by atoms with E-state index in [0.717, 1.165) is 0 Å². The van der Waals surface area contributed by atoms with Crippen molar-refractivity contribution in [1.82, 2.24) is 4.90 Å². The fourth-order valence-electron chi connectivity index (χ4n) is 1.82. The molecule has 90 valence electrons. The minimum Gasteiger partial charge on any atom is -0.391 e. The molecule has 2 rings (SSSR count). The Bertz CT molecular complexity index is 445. The van der Waals surface area contributed by atoms with Gasteiger partial charge in [-0.15, -0.1) is 0 Å². The molecule has 0 aliphatic carbocycles. The Labute approximate surface area is 99.2 Å². The number of aliphatic hydroxyl groups excluding tert-OH is 1. The molecular weight excluding hydrogens is 221 g/mol. The molecule has 1 fully saturated rings. The Balaban J connectivity index is 2.01. The normalized spacial score (nSPS) is 20.1. The first-order valence-electron chi connectivity index (χ1n) is 5.56. The summed E-state index contributed by atoms with van der Waals surface area (Å²) in [4.78, 5) is 13.2. The number of aliphatic hydroxyl groups is 1. The number of benzene rings is 1. The minimum atomic E-state index is -0.430. The van der Waals surface area contributed by atoms with Gasteiger partial charge in [0.15, 0.2) is 0 Å². The first kappa shape index (κ1) is 11.8. The molecule has 1 aliphatic heterocycles. The van der Waals surface area contributed by atoms with E-state index in [-0.39, 0.29) is 11.7 Å². The summed E-state index contributed by atoms with van der Waals surface area (Å²) in [6.45, 7) is 0.919. The second-order valence-electron chi connectivity index (χ2n) is 4.08. The van der Waals surface area contributed by atoms with E-state index >= 15 is 0 Å². The van der Waals surface area contributed by atoms with Gasteiger partial charge < -0.3 is 10.0 Å². The van der Waals surface area contributed by atoms with E-state index < -0.39 is 6.10 Å². The monoisotopic (exact) mass is 235 g/mol. The molecule has 0 aromatic heterocycles. The van der Waals surface area contributed by atoms with Crippen molar-refractivity contribution in [2.45, 2.75) is 12.5 Å². The van der Waals surface area contributed by atoms with Gasteiger partial charge in [0.05, 0.1) is 6.10 Å². The number of carbonyl (C=O) groups is 1. The van der Waals surface area contributed by atoms with Crippen LogP contribution in [0.2, 0.25) is 0 Å². The molecule has 0 bridgehead atoms. The summed E-state index contributed by atoms with van der Waals surface area (Å²) in [7, 11) is 0. The minimum absolute atomic E-state index is 0.190. The number of hydrogen-bond acceptors (Lipinski definition) is 2. The van der Waals surface area contributed by atoms with Gasteiger partial charge >= 0.3 is 0 Å². The lowest BCUT2D eigenvalue weighted by Crippen LogP contribution is -2.27. The summed E-state index contributed by atoms with van der Waals surface area (Å²) in [5, 5.41) is 9.30. The van der Waals surface area contributed by atoms with E-state index in [9.17, 15) is 14.3 Å². The molecule has 1 atom stereocenters. The van der Waals surface area contributed by atoms with Gasteiger partial charge in [-0.05, 0) is 18.6 Å². The van der Waals surface area contributed by atoms with Gasteiger partial charge in [0.2, 0.25) is 5.91 Å². The zero-order valence-corrected chi connectivity index (χ0v) is 9.34. The van der Waals surface area contributed by atoms with E-state index in [1.165, 1.54) is 18.2 Å². The number of nitrogens with zero attached hydrogens (tertiary/aromatic N) is 1. The highest BCUT2D eigenvalue weighted by molar-refractivity contribution is 5.92. The second-order valence-corrected chi connectivity index (χ2v) is 4.08. The van der Waals surface area contributed by atoms with Crippen molar-refractivity contribution in [3.8, 4) is 0 Å². The fourth-order valence-corrected chi connectivity index (χ4v) is 1.82. The summed E-state index contributed by atoms with van der Waals surface area (Å²) in [6.07, 6.45) is 2.98. The van der Waals surface area contributed by atoms with Crippen molar-refractivity contribution in [3.63, 3.8) is 0 Å². The molecule has 1 aromatic carbocycles. The Hall–Kier alpha value is -1.68. The van der Waals surface area contributed by atoms with Crippen molar-refractivity contribution in [2.75, 3.05) is 13.1 Å². The molecule has 0 saturated carbocycles. The SMILES string of the molecule is O=C(/C=C/c1ccccc1F)N1CC[C@@H](O)C1. The number of β-amino-alcohol motifs (C(OH)–C–C–N with tert-alkyl or cyclic N) is 1. The van der Waals surface area contributed by atoms with Crippen LogP contribution in [-0.2, 0) is 4.79 Å². The van der Waals surface area contributed by atoms with Gasteiger partial charge in [0, 0.05) is 24.7 Å². The van der Waals surface area contributed by atoms with Crippen LogP contribution in [0.3, 0.4) is 0 Å². The molecule has 1 amide bonds. The first-order valence-corrected chi connectivity index (χ1v) is 5.56. The summed E-state index contributed by atoms with van der Waals surface area (Å²) in [5.41, 5.74) is 0.389. The molecule has 1 saturated heterocycles. The maximum atomic E-state index is 13.3. The van der Waals surface area contributed by atoms with Gasteiger partial charge in [0.1, 0.15) is 5.82 Å². The smallest absolute Gasteiger partial charge is 0.246 e. The standard InChI is InChI=1S/C13H14FNO2/c14-12-4-2-1-3-10(12)5-6-13(17)15-8-7-11(16)9-15/h1-6,11,16H,7-9H2/b6-5+/t11-/m1/s1. The molecule has 3 nitrogen and oxygen atoms in total. The molecule has 17 heavy (non-hydrogen) atoms. The number of rotatable bonds is 2. The molecule has 1 aliphatic rings. The van der Waals surface area contributed by atoms with Gasteiger partial charge in [-0.25, -0.2) is 4.39 Å². The van der Waals surface area contributed by atoms with Gasteiger partial charge in [-0.1, -0.05) is 18.2 Å². The van der Waals surface area contributed by atoms with Crippen LogP contribution in [0, 0.1) is 5.82 Å². The van der Waals surface area contributed by atoms with Gasteiger partial charge in [0.25, 0.3) is 0 Å². The van der Waals surface area contributed by atoms with Gasteiger partial charge in [-0.2, -0.15) is 0 Å². The second kappa shape index (κ2) is 5.10. The van der Waals surface area contributed by atoms with Crippen molar-refractivity contribution >= 4 is 12.0 Å². The molecule has 0 radical (unpaired) electrons. The van der Waals surface area contributed by atoms with Crippen LogP contribution in [-0.4, -0.2) is 35.1 Å². The Morgan fingerprint density at radius 2 is 2.24 bits per heavy atom. The lowest BCUT2D eigenvalue weighted by atomic mass is 10.2. The number of carbonyl (C=O) groups excluding carboxylic acids is 1. The van der Waals surface area contributed by atoms with Crippen LogP contribution >= 0.6 is 0 Å². The average molecular weight is 235 g/mol. The highest BCUT2D eigenvalue weighted by atomic mass is 19.1. The first-order chi connectivity index (χ1) is 8.16. The largest absolute Gasteiger partial charge is 0.391 e. The van der Waals surface area contributed by atoms with Crippen LogP contribution in [0.15, 0.2) is 30.3 Å².